The summed E-state index contributed by atoms with van der Waals surface area (Å²) in [5.41, 5.74) is 0.451. The summed E-state index contributed by atoms with van der Waals surface area (Å²) in [5.74, 6) is 1.56. The number of nitrogens with zero attached hydrogens (tertiary/aromatic N) is 1. The van der Waals surface area contributed by atoms with E-state index in [4.69, 9.17) is 0 Å². The Morgan fingerprint density at radius 2 is 2.00 bits per heavy atom. The van der Waals surface area contributed by atoms with Gasteiger partial charge in [0, 0.05) is 17.7 Å². The fraction of sp³-hybridized carbons (Fsp3) is 0.462. The van der Waals surface area contributed by atoms with Crippen molar-refractivity contribution in [2.24, 2.45) is 17.8 Å². The van der Waals surface area contributed by atoms with Gasteiger partial charge in [-0.25, -0.2) is 0 Å². The van der Waals surface area contributed by atoms with Gasteiger partial charge in [0.15, 0.2) is 0 Å². The summed E-state index contributed by atoms with van der Waals surface area (Å²) in [4.78, 5) is 22.4. The molecule has 2 unspecified atom stereocenters. The summed E-state index contributed by atoms with van der Waals surface area (Å²) in [6.45, 7) is 0. The number of fused-ring (bicyclic) bond motifs is 1. The Bertz CT molecular complexity index is 551. The lowest BCUT2D eigenvalue weighted by Crippen LogP contribution is -2.21. The molecule has 0 spiro atoms. The Labute approximate surface area is 118 Å². The molecular formula is C13H13BrN2O3. The van der Waals surface area contributed by atoms with E-state index in [0.29, 0.717) is 10.2 Å². The van der Waals surface area contributed by atoms with Crippen LogP contribution in [0.15, 0.2) is 22.7 Å². The summed E-state index contributed by atoms with van der Waals surface area (Å²) in [7, 11) is 0. The van der Waals surface area contributed by atoms with Crippen LogP contribution in [0.2, 0.25) is 0 Å². The number of carbonyl (C=O) groups is 1. The summed E-state index contributed by atoms with van der Waals surface area (Å²) < 4.78 is 0.414. The Morgan fingerprint density at radius 3 is 2.63 bits per heavy atom. The molecule has 3 rings (SSSR count). The number of anilines is 1. The molecule has 6 heteroatoms. The van der Waals surface area contributed by atoms with Gasteiger partial charge in [-0.3, -0.25) is 14.9 Å². The normalized spacial score (nSPS) is 27.7. The second kappa shape index (κ2) is 4.59. The molecule has 5 nitrogen and oxygen atoms in total. The van der Waals surface area contributed by atoms with E-state index < -0.39 is 4.92 Å². The first kappa shape index (κ1) is 12.6. The smallest absolute Gasteiger partial charge is 0.285 e. The minimum atomic E-state index is -0.468. The van der Waals surface area contributed by atoms with Crippen LogP contribution in [0, 0.1) is 27.9 Å². The first-order valence-corrected chi connectivity index (χ1v) is 7.08. The molecule has 1 N–H and O–H groups in total. The lowest BCUT2D eigenvalue weighted by molar-refractivity contribution is -0.385. The van der Waals surface area contributed by atoms with E-state index in [2.05, 4.69) is 21.2 Å². The van der Waals surface area contributed by atoms with Crippen molar-refractivity contribution in [2.45, 2.75) is 19.3 Å². The number of nitrogens with one attached hydrogen (secondary N) is 1. The summed E-state index contributed by atoms with van der Waals surface area (Å²) in [5, 5.41) is 13.6. The molecule has 1 aromatic rings. The molecule has 19 heavy (non-hydrogen) atoms. The van der Waals surface area contributed by atoms with E-state index in [1.54, 1.807) is 12.1 Å². The van der Waals surface area contributed by atoms with Crippen molar-refractivity contribution in [2.75, 3.05) is 5.32 Å². The highest BCUT2D eigenvalue weighted by Crippen LogP contribution is 2.54. The van der Waals surface area contributed by atoms with Gasteiger partial charge < -0.3 is 5.32 Å². The molecule has 0 radical (unpaired) electrons. The van der Waals surface area contributed by atoms with Crippen LogP contribution in [0.5, 0.6) is 0 Å². The van der Waals surface area contributed by atoms with Gasteiger partial charge in [0.25, 0.3) is 5.69 Å². The van der Waals surface area contributed by atoms with Crippen LogP contribution in [0.4, 0.5) is 11.4 Å². The van der Waals surface area contributed by atoms with Crippen molar-refractivity contribution in [3.8, 4) is 0 Å². The number of carbonyl (C=O) groups excluding carboxylic acids is 1. The fourth-order valence-corrected chi connectivity index (χ4v) is 3.29. The Kier molecular flexibility index (Phi) is 3.05. The topological polar surface area (TPSA) is 72.2 Å². The van der Waals surface area contributed by atoms with Gasteiger partial charge in [0.2, 0.25) is 5.91 Å². The molecule has 2 saturated carbocycles. The van der Waals surface area contributed by atoms with Crippen molar-refractivity contribution in [3.63, 3.8) is 0 Å². The monoisotopic (exact) mass is 324 g/mol. The van der Waals surface area contributed by atoms with Crippen molar-refractivity contribution in [1.29, 1.82) is 0 Å². The van der Waals surface area contributed by atoms with Crippen LogP contribution >= 0.6 is 15.9 Å². The lowest BCUT2D eigenvalue weighted by atomic mass is 10.0. The zero-order chi connectivity index (χ0) is 13.6. The summed E-state index contributed by atoms with van der Waals surface area (Å²) >= 11 is 3.12. The molecule has 2 aliphatic carbocycles. The second-order valence-corrected chi connectivity index (χ2v) is 6.19. The predicted molar refractivity (Wildman–Crippen MR) is 73.7 cm³/mol. The summed E-state index contributed by atoms with van der Waals surface area (Å²) in [6.07, 6.45) is 3.21. The molecule has 0 aromatic heterocycles. The molecule has 0 saturated heterocycles. The third kappa shape index (κ3) is 2.49. The van der Waals surface area contributed by atoms with Crippen molar-refractivity contribution < 1.29 is 9.72 Å². The molecule has 0 heterocycles. The van der Waals surface area contributed by atoms with E-state index in [1.807, 2.05) is 0 Å². The van der Waals surface area contributed by atoms with Crippen molar-refractivity contribution in [3.05, 3.63) is 32.8 Å². The molecule has 0 bridgehead atoms. The third-order valence-corrected chi connectivity index (χ3v) is 4.70. The van der Waals surface area contributed by atoms with Gasteiger partial charge in [0.1, 0.15) is 0 Å². The van der Waals surface area contributed by atoms with Gasteiger partial charge in [-0.1, -0.05) is 0 Å². The van der Waals surface area contributed by atoms with E-state index >= 15 is 0 Å². The minimum absolute atomic E-state index is 0.0104. The SMILES string of the molecule is O=C(Nc1ccc(Br)c([N+](=O)[O-])c1)C1CC2CC2C1. The average Bonchev–Trinajstić information content (AvgIpc) is 2.98. The Hall–Kier alpha value is -1.43. The van der Waals surface area contributed by atoms with E-state index in [1.165, 1.54) is 12.5 Å². The maximum absolute atomic E-state index is 12.1. The van der Waals surface area contributed by atoms with Crippen LogP contribution in [0.25, 0.3) is 0 Å². The predicted octanol–water partition coefficient (Wildman–Crippen LogP) is 3.34. The maximum atomic E-state index is 12.1. The van der Waals surface area contributed by atoms with Crippen LogP contribution in [0.3, 0.4) is 0 Å². The Morgan fingerprint density at radius 1 is 1.32 bits per heavy atom. The van der Waals surface area contributed by atoms with Crippen molar-refractivity contribution >= 4 is 33.2 Å². The van der Waals surface area contributed by atoms with E-state index in [9.17, 15) is 14.9 Å². The number of halogens is 1. The Balaban J connectivity index is 1.70. The highest BCUT2D eigenvalue weighted by molar-refractivity contribution is 9.10. The second-order valence-electron chi connectivity index (χ2n) is 5.34. The molecule has 0 aliphatic heterocycles. The maximum Gasteiger partial charge on any atom is 0.285 e. The zero-order valence-corrected chi connectivity index (χ0v) is 11.7. The van der Waals surface area contributed by atoms with Gasteiger partial charge in [-0.15, -0.1) is 0 Å². The molecule has 2 atom stereocenters. The summed E-state index contributed by atoms with van der Waals surface area (Å²) in [6, 6.07) is 4.64. The van der Waals surface area contributed by atoms with Crippen LogP contribution in [-0.4, -0.2) is 10.8 Å². The molecule has 1 amide bonds. The van der Waals surface area contributed by atoms with Gasteiger partial charge in [0.05, 0.1) is 9.40 Å². The molecular weight excluding hydrogens is 312 g/mol. The van der Waals surface area contributed by atoms with Crippen LogP contribution in [-0.2, 0) is 4.79 Å². The minimum Gasteiger partial charge on any atom is -0.326 e. The van der Waals surface area contributed by atoms with Crippen LogP contribution < -0.4 is 5.32 Å². The zero-order valence-electron chi connectivity index (χ0n) is 10.1. The number of hydrogen-bond acceptors (Lipinski definition) is 3. The number of amides is 1. The molecule has 2 fully saturated rings. The molecule has 1 aromatic carbocycles. The van der Waals surface area contributed by atoms with E-state index in [0.717, 1.165) is 24.7 Å². The number of nitro benzene ring substituents is 1. The van der Waals surface area contributed by atoms with Gasteiger partial charge in [-0.05, 0) is 59.2 Å². The molecule has 100 valence electrons. The highest BCUT2D eigenvalue weighted by atomic mass is 79.9. The van der Waals surface area contributed by atoms with Crippen LogP contribution in [0.1, 0.15) is 19.3 Å². The number of benzene rings is 1. The van der Waals surface area contributed by atoms with Gasteiger partial charge in [-0.2, -0.15) is 0 Å². The fourth-order valence-electron chi connectivity index (χ4n) is 2.90. The lowest BCUT2D eigenvalue weighted by Gasteiger charge is -2.12. The van der Waals surface area contributed by atoms with Gasteiger partial charge >= 0.3 is 0 Å². The van der Waals surface area contributed by atoms with Crippen molar-refractivity contribution in [1.82, 2.24) is 0 Å². The largest absolute Gasteiger partial charge is 0.326 e. The average molecular weight is 325 g/mol. The number of nitro groups is 1. The standard InChI is InChI=1S/C13H13BrN2O3/c14-11-2-1-10(6-12(11)16(18)19)15-13(17)9-4-7-3-8(7)5-9/h1-2,6-9H,3-5H2,(H,15,17). The third-order valence-electron chi connectivity index (χ3n) is 4.02. The first-order chi connectivity index (χ1) is 9.04. The number of rotatable bonds is 3. The molecule has 2 aliphatic rings. The van der Waals surface area contributed by atoms with E-state index in [-0.39, 0.29) is 17.5 Å². The first-order valence-electron chi connectivity index (χ1n) is 6.29. The number of hydrogen-bond donors (Lipinski definition) is 1. The highest BCUT2D eigenvalue weighted by Gasteiger charge is 2.47. The quantitative estimate of drug-likeness (QED) is 0.684.